The first-order valence-corrected chi connectivity index (χ1v) is 11.7. The summed E-state index contributed by atoms with van der Waals surface area (Å²) in [6.07, 6.45) is 5.18. The van der Waals surface area contributed by atoms with Crippen LogP contribution in [0.25, 0.3) is 22.3 Å². The number of nitrogens with one attached hydrogen (secondary N) is 1. The Morgan fingerprint density at radius 3 is 2.68 bits per heavy atom. The predicted molar refractivity (Wildman–Crippen MR) is 128 cm³/mol. The lowest BCUT2D eigenvalue weighted by Crippen LogP contribution is -2.37. The van der Waals surface area contributed by atoms with Crippen LogP contribution >= 0.6 is 11.6 Å². The molecule has 1 aliphatic carbocycles. The highest BCUT2D eigenvalue weighted by Gasteiger charge is 2.52. The van der Waals surface area contributed by atoms with Crippen molar-refractivity contribution in [1.82, 2.24) is 29.7 Å². The third-order valence-electron chi connectivity index (χ3n) is 7.50. The summed E-state index contributed by atoms with van der Waals surface area (Å²) in [7, 11) is 1.65. The van der Waals surface area contributed by atoms with Crippen LogP contribution in [0.5, 0.6) is 0 Å². The number of aromatic amines is 1. The van der Waals surface area contributed by atoms with Gasteiger partial charge in [-0.25, -0.2) is 19.3 Å². The summed E-state index contributed by atoms with van der Waals surface area (Å²) in [4.78, 5) is 29.3. The van der Waals surface area contributed by atoms with Crippen molar-refractivity contribution in [2.75, 3.05) is 18.0 Å². The van der Waals surface area contributed by atoms with Gasteiger partial charge in [0, 0.05) is 48.5 Å². The van der Waals surface area contributed by atoms with E-state index in [0.29, 0.717) is 24.0 Å². The summed E-state index contributed by atoms with van der Waals surface area (Å²) in [5.41, 5.74) is 1.92. The highest BCUT2D eigenvalue weighted by atomic mass is 35.5. The van der Waals surface area contributed by atoms with E-state index in [9.17, 15) is 4.79 Å². The van der Waals surface area contributed by atoms with Crippen LogP contribution in [0.4, 0.5) is 10.3 Å². The van der Waals surface area contributed by atoms with E-state index in [-0.39, 0.29) is 38.5 Å². The standard InChI is InChI=1S/C24H23ClFN7O/c1-13-28-20-19(15-5-4-14(25)10-17(15)26)29-23(30-21(20)22(34)32(13)2)33-11-16(18-6-9-27-31-18)24(12-33)7-3-8-24/h4-6,9-10,16H,3,7-8,11-12H2,1-2H3,(H,27,31). The van der Waals surface area contributed by atoms with Crippen molar-refractivity contribution in [2.45, 2.75) is 32.1 Å². The Balaban J connectivity index is 1.54. The highest BCUT2D eigenvalue weighted by molar-refractivity contribution is 6.30. The molecule has 0 radical (unpaired) electrons. The Morgan fingerprint density at radius 1 is 1.18 bits per heavy atom. The lowest BCUT2D eigenvalue weighted by atomic mass is 9.62. The normalized spacial score (nSPS) is 19.2. The SMILES string of the molecule is Cc1nc2c(-c3ccc(Cl)cc3F)nc(N3CC(c4ccn[nH]4)C4(CCC4)C3)nc2c(=O)n1C. The number of anilines is 1. The molecule has 2 fully saturated rings. The molecular weight excluding hydrogens is 457 g/mol. The van der Waals surface area contributed by atoms with E-state index < -0.39 is 5.82 Å². The van der Waals surface area contributed by atoms with Crippen molar-refractivity contribution in [2.24, 2.45) is 12.5 Å². The lowest BCUT2D eigenvalue weighted by molar-refractivity contribution is 0.137. The number of hydrogen-bond acceptors (Lipinski definition) is 6. The Labute approximate surface area is 199 Å². The molecule has 6 rings (SSSR count). The van der Waals surface area contributed by atoms with Gasteiger partial charge in [-0.05, 0) is 49.4 Å². The second-order valence-electron chi connectivity index (χ2n) is 9.38. The zero-order chi connectivity index (χ0) is 23.6. The van der Waals surface area contributed by atoms with Crippen LogP contribution in [-0.4, -0.2) is 42.8 Å². The Hall–Kier alpha value is -3.33. The predicted octanol–water partition coefficient (Wildman–Crippen LogP) is 3.99. The summed E-state index contributed by atoms with van der Waals surface area (Å²) >= 11 is 5.99. The number of aromatic nitrogens is 6. The molecule has 8 nitrogen and oxygen atoms in total. The van der Waals surface area contributed by atoms with Gasteiger partial charge in [-0.15, -0.1) is 0 Å². The van der Waals surface area contributed by atoms with E-state index in [4.69, 9.17) is 16.6 Å². The van der Waals surface area contributed by atoms with E-state index in [1.807, 2.05) is 6.07 Å². The number of halogens is 2. The summed E-state index contributed by atoms with van der Waals surface area (Å²) < 4.78 is 16.5. The van der Waals surface area contributed by atoms with E-state index in [0.717, 1.165) is 25.1 Å². The van der Waals surface area contributed by atoms with E-state index in [2.05, 4.69) is 25.1 Å². The average molecular weight is 480 g/mol. The van der Waals surface area contributed by atoms with Gasteiger partial charge in [0.2, 0.25) is 5.95 Å². The topological polar surface area (TPSA) is 92.6 Å². The first kappa shape index (κ1) is 21.2. The highest BCUT2D eigenvalue weighted by Crippen LogP contribution is 2.55. The van der Waals surface area contributed by atoms with Crippen LogP contribution < -0.4 is 10.5 Å². The van der Waals surface area contributed by atoms with Crippen LogP contribution in [0.2, 0.25) is 5.02 Å². The van der Waals surface area contributed by atoms with Crippen LogP contribution in [0, 0.1) is 18.2 Å². The molecule has 34 heavy (non-hydrogen) atoms. The fourth-order valence-electron chi connectivity index (χ4n) is 5.40. The van der Waals surface area contributed by atoms with Gasteiger partial charge < -0.3 is 4.90 Å². The molecule has 1 saturated carbocycles. The number of H-pyrrole nitrogens is 1. The molecule has 174 valence electrons. The number of nitrogens with zero attached hydrogens (tertiary/aromatic N) is 6. The quantitative estimate of drug-likeness (QED) is 0.477. The molecule has 1 aliphatic heterocycles. The maximum Gasteiger partial charge on any atom is 0.279 e. The summed E-state index contributed by atoms with van der Waals surface area (Å²) in [5.74, 6) is 0.648. The summed E-state index contributed by atoms with van der Waals surface area (Å²) in [5, 5.41) is 7.57. The minimum Gasteiger partial charge on any atom is -0.340 e. The van der Waals surface area contributed by atoms with Crippen LogP contribution in [0.1, 0.15) is 36.7 Å². The second-order valence-corrected chi connectivity index (χ2v) is 9.81. The second kappa shape index (κ2) is 7.59. The molecule has 4 aromatic rings. The van der Waals surface area contributed by atoms with Crippen molar-refractivity contribution in [3.05, 3.63) is 63.2 Å². The first-order valence-electron chi connectivity index (χ1n) is 11.3. The number of hydrogen-bond donors (Lipinski definition) is 1. The van der Waals surface area contributed by atoms with E-state index in [1.54, 1.807) is 32.3 Å². The molecule has 1 atom stereocenters. The van der Waals surface area contributed by atoms with E-state index in [1.165, 1.54) is 17.1 Å². The van der Waals surface area contributed by atoms with Crippen molar-refractivity contribution in [3.8, 4) is 11.3 Å². The maximum atomic E-state index is 15.0. The minimum absolute atomic E-state index is 0.118. The molecular formula is C24H23ClFN7O. The monoisotopic (exact) mass is 479 g/mol. The molecule has 10 heteroatoms. The molecule has 0 bridgehead atoms. The summed E-state index contributed by atoms with van der Waals surface area (Å²) in [6, 6.07) is 6.44. The molecule has 1 spiro atoms. The zero-order valence-electron chi connectivity index (χ0n) is 18.8. The molecule has 1 N–H and O–H groups in total. The molecule has 2 aliphatic rings. The molecule has 0 amide bonds. The van der Waals surface area contributed by atoms with Crippen molar-refractivity contribution in [1.29, 1.82) is 0 Å². The Morgan fingerprint density at radius 2 is 2.00 bits per heavy atom. The van der Waals surface area contributed by atoms with Crippen molar-refractivity contribution < 1.29 is 4.39 Å². The van der Waals surface area contributed by atoms with Gasteiger partial charge in [0.15, 0.2) is 5.52 Å². The molecule has 1 saturated heterocycles. The Bertz CT molecular complexity index is 1480. The van der Waals surface area contributed by atoms with Gasteiger partial charge in [-0.1, -0.05) is 18.0 Å². The van der Waals surface area contributed by atoms with Crippen molar-refractivity contribution >= 4 is 28.6 Å². The average Bonchev–Trinajstić information content (AvgIpc) is 3.45. The molecule has 1 unspecified atom stereocenters. The zero-order valence-corrected chi connectivity index (χ0v) is 19.6. The fraction of sp³-hybridized carbons (Fsp3) is 0.375. The van der Waals surface area contributed by atoms with Gasteiger partial charge in [0.25, 0.3) is 5.56 Å². The van der Waals surface area contributed by atoms with Gasteiger partial charge in [0.05, 0.1) is 0 Å². The van der Waals surface area contributed by atoms with Crippen LogP contribution in [0.3, 0.4) is 0 Å². The molecule has 1 aromatic carbocycles. The molecule has 4 heterocycles. The minimum atomic E-state index is -0.522. The lowest BCUT2D eigenvalue weighted by Gasteiger charge is -2.42. The first-order chi connectivity index (χ1) is 16.4. The van der Waals surface area contributed by atoms with Gasteiger partial charge >= 0.3 is 0 Å². The third kappa shape index (κ3) is 3.14. The van der Waals surface area contributed by atoms with Gasteiger partial charge in [0.1, 0.15) is 22.9 Å². The van der Waals surface area contributed by atoms with Gasteiger partial charge in [-0.2, -0.15) is 5.10 Å². The summed E-state index contributed by atoms with van der Waals surface area (Å²) in [6.45, 7) is 3.19. The number of rotatable bonds is 3. The van der Waals surface area contributed by atoms with Crippen LogP contribution in [0.15, 0.2) is 35.3 Å². The van der Waals surface area contributed by atoms with Crippen LogP contribution in [-0.2, 0) is 7.05 Å². The smallest absolute Gasteiger partial charge is 0.279 e. The fourth-order valence-corrected chi connectivity index (χ4v) is 5.56. The number of benzene rings is 1. The van der Waals surface area contributed by atoms with E-state index >= 15 is 4.39 Å². The Kier molecular flexibility index (Phi) is 4.74. The number of fused-ring (bicyclic) bond motifs is 1. The third-order valence-corrected chi connectivity index (χ3v) is 7.74. The largest absolute Gasteiger partial charge is 0.340 e. The number of aryl methyl sites for hydroxylation is 1. The van der Waals surface area contributed by atoms with Gasteiger partial charge in [-0.3, -0.25) is 14.5 Å². The van der Waals surface area contributed by atoms with Crippen molar-refractivity contribution in [3.63, 3.8) is 0 Å². The maximum absolute atomic E-state index is 15.0. The molecule has 3 aromatic heterocycles.